The van der Waals surface area contributed by atoms with Crippen LogP contribution in [0.5, 0.6) is 0 Å². The average molecular weight is 481 g/mol. The molecule has 0 bridgehead atoms. The smallest absolute Gasteiger partial charge is 0.251 e. The van der Waals surface area contributed by atoms with Crippen LogP contribution in [0.25, 0.3) is 21.9 Å². The Morgan fingerprint density at radius 2 is 1.66 bits per heavy atom. The minimum absolute atomic E-state index is 0.0155. The molecule has 1 aliphatic rings. The number of hydrogen-bond acceptors (Lipinski definition) is 5. The van der Waals surface area contributed by atoms with E-state index in [0.29, 0.717) is 5.58 Å². The zero-order valence-corrected chi connectivity index (χ0v) is 21.7. The van der Waals surface area contributed by atoms with Crippen LogP contribution in [-0.4, -0.2) is 47.8 Å². The number of rotatable bonds is 4. The number of halogens is 1. The lowest BCUT2D eigenvalue weighted by molar-refractivity contribution is 0.259. The lowest BCUT2D eigenvalue weighted by atomic mass is 10.0. The molecule has 1 saturated heterocycles. The number of piperazine rings is 1. The third-order valence-corrected chi connectivity index (χ3v) is 6.44. The molecule has 1 fully saturated rings. The van der Waals surface area contributed by atoms with E-state index in [2.05, 4.69) is 32.1 Å². The molecule has 0 unspecified atom stereocenters. The Labute approximate surface area is 206 Å². The van der Waals surface area contributed by atoms with Crippen LogP contribution >= 0.6 is 0 Å². The van der Waals surface area contributed by atoms with Crippen molar-refractivity contribution < 1.29 is 8.91 Å². The average Bonchev–Trinajstić information content (AvgIpc) is 3.32. The minimum Gasteiger partial charge on any atom is -0.354 e. The Balaban J connectivity index is 0.000000815. The molecule has 0 atom stereocenters. The lowest BCUT2D eigenvalue weighted by Crippen LogP contribution is -2.47. The van der Waals surface area contributed by atoms with E-state index in [1.165, 1.54) is 17.7 Å². The van der Waals surface area contributed by atoms with Crippen LogP contribution in [0, 0.1) is 19.7 Å². The summed E-state index contributed by atoms with van der Waals surface area (Å²) < 4.78 is 19.0. The number of nitrogens with zero attached hydrogens (tertiary/aromatic N) is 3. The second-order valence-corrected chi connectivity index (χ2v) is 8.31. The van der Waals surface area contributed by atoms with Crippen LogP contribution in [0.1, 0.15) is 44.4 Å². The quantitative estimate of drug-likeness (QED) is 0.397. The molecule has 2 aromatic carbocycles. The number of aromatic nitrogens is 2. The van der Waals surface area contributed by atoms with E-state index in [1.807, 2.05) is 47.6 Å². The fraction of sp³-hybridized carbons (Fsp3) is 0.429. The highest BCUT2D eigenvalue weighted by Gasteiger charge is 2.22. The first-order valence-corrected chi connectivity index (χ1v) is 12.6. The van der Waals surface area contributed by atoms with Gasteiger partial charge in [-0.2, -0.15) is 0 Å². The number of H-pyrrole nitrogens is 1. The molecule has 0 amide bonds. The van der Waals surface area contributed by atoms with E-state index in [1.54, 1.807) is 6.07 Å². The fourth-order valence-electron chi connectivity index (χ4n) is 4.35. The van der Waals surface area contributed by atoms with Gasteiger partial charge in [-0.3, -0.25) is 9.69 Å². The van der Waals surface area contributed by atoms with Gasteiger partial charge in [0.15, 0.2) is 11.4 Å². The lowest BCUT2D eigenvalue weighted by Gasteiger charge is -2.34. The summed E-state index contributed by atoms with van der Waals surface area (Å²) in [6.45, 7) is 16.3. The first-order chi connectivity index (χ1) is 17.0. The molecule has 6 nitrogen and oxygen atoms in total. The van der Waals surface area contributed by atoms with Gasteiger partial charge in [-0.05, 0) is 61.7 Å². The molecule has 0 saturated carbocycles. The Kier molecular flexibility index (Phi) is 9.04. The molecule has 0 aliphatic carbocycles. The molecule has 35 heavy (non-hydrogen) atoms. The number of aromatic amines is 1. The molecule has 3 heterocycles. The van der Waals surface area contributed by atoms with Crippen molar-refractivity contribution in [2.45, 2.75) is 48.0 Å². The van der Waals surface area contributed by atoms with Gasteiger partial charge in [0.2, 0.25) is 0 Å². The molecule has 0 radical (unpaired) electrons. The summed E-state index contributed by atoms with van der Waals surface area (Å²) in [5.41, 5.74) is 4.58. The van der Waals surface area contributed by atoms with Crippen molar-refractivity contribution in [3.05, 3.63) is 69.3 Å². The maximum absolute atomic E-state index is 13.6. The summed E-state index contributed by atoms with van der Waals surface area (Å²) in [5, 5.41) is 6.01. The predicted octanol–water partition coefficient (Wildman–Crippen LogP) is 5.84. The fourth-order valence-corrected chi connectivity index (χ4v) is 4.35. The van der Waals surface area contributed by atoms with Gasteiger partial charge in [0.05, 0.1) is 5.39 Å². The zero-order valence-electron chi connectivity index (χ0n) is 21.7. The summed E-state index contributed by atoms with van der Waals surface area (Å²) in [6.07, 6.45) is 0.950. The normalized spacial score (nSPS) is 13.9. The van der Waals surface area contributed by atoms with Crippen molar-refractivity contribution in [2.75, 3.05) is 37.6 Å². The molecule has 188 valence electrons. The molecule has 7 heteroatoms. The van der Waals surface area contributed by atoms with E-state index in [4.69, 9.17) is 4.52 Å². The number of fused-ring (bicyclic) bond motifs is 2. The van der Waals surface area contributed by atoms with Gasteiger partial charge in [-0.25, -0.2) is 4.39 Å². The zero-order chi connectivity index (χ0) is 25.5. The number of benzene rings is 2. The van der Waals surface area contributed by atoms with Crippen LogP contribution in [-0.2, 0) is 6.42 Å². The van der Waals surface area contributed by atoms with Crippen LogP contribution in [0.15, 0.2) is 45.7 Å². The van der Waals surface area contributed by atoms with E-state index in [0.717, 1.165) is 72.4 Å². The van der Waals surface area contributed by atoms with Crippen molar-refractivity contribution in [3.8, 4) is 0 Å². The van der Waals surface area contributed by atoms with Crippen molar-refractivity contribution in [1.29, 1.82) is 0 Å². The van der Waals surface area contributed by atoms with Gasteiger partial charge in [0, 0.05) is 49.2 Å². The topological polar surface area (TPSA) is 65.4 Å². The van der Waals surface area contributed by atoms with Gasteiger partial charge >= 0.3 is 0 Å². The maximum Gasteiger partial charge on any atom is 0.251 e. The van der Waals surface area contributed by atoms with Crippen molar-refractivity contribution >= 4 is 27.7 Å². The standard InChI is InChI=1S/C24H25FN4O2.2C2H6/c1-15-16(2)24(30)26-21-5-3-17(13-19(15)21)7-8-28-9-11-29(12-10-28)23-20-14-18(25)4-6-22(20)31-27-23;2*1-2/h3-6,13-14H,7-12H2,1-2H3,(H,26,30);2*1-2H3. The van der Waals surface area contributed by atoms with Crippen LogP contribution in [0.2, 0.25) is 0 Å². The molecule has 0 spiro atoms. The summed E-state index contributed by atoms with van der Waals surface area (Å²) in [4.78, 5) is 19.5. The first-order valence-electron chi connectivity index (χ1n) is 12.6. The third kappa shape index (κ3) is 5.73. The predicted molar refractivity (Wildman–Crippen MR) is 143 cm³/mol. The Bertz CT molecular complexity index is 1320. The highest BCUT2D eigenvalue weighted by molar-refractivity contribution is 5.88. The Morgan fingerprint density at radius 3 is 2.37 bits per heavy atom. The number of anilines is 1. The van der Waals surface area contributed by atoms with Gasteiger partial charge in [0.1, 0.15) is 5.82 Å². The van der Waals surface area contributed by atoms with E-state index < -0.39 is 0 Å². The van der Waals surface area contributed by atoms with Crippen LogP contribution in [0.4, 0.5) is 10.2 Å². The summed E-state index contributed by atoms with van der Waals surface area (Å²) in [7, 11) is 0. The highest BCUT2D eigenvalue weighted by atomic mass is 19.1. The van der Waals surface area contributed by atoms with Crippen molar-refractivity contribution in [1.82, 2.24) is 15.0 Å². The van der Waals surface area contributed by atoms with E-state index in [-0.39, 0.29) is 11.4 Å². The van der Waals surface area contributed by atoms with Crippen LogP contribution in [0.3, 0.4) is 0 Å². The summed E-state index contributed by atoms with van der Waals surface area (Å²) in [6, 6.07) is 10.8. The second kappa shape index (κ2) is 12.0. The van der Waals surface area contributed by atoms with Gasteiger partial charge < -0.3 is 14.4 Å². The second-order valence-electron chi connectivity index (χ2n) is 8.31. The number of nitrogens with one attached hydrogen (secondary N) is 1. The van der Waals surface area contributed by atoms with Crippen molar-refractivity contribution in [3.63, 3.8) is 0 Å². The number of aryl methyl sites for hydroxylation is 1. The largest absolute Gasteiger partial charge is 0.354 e. The van der Waals surface area contributed by atoms with E-state index in [9.17, 15) is 9.18 Å². The number of hydrogen-bond donors (Lipinski definition) is 1. The third-order valence-electron chi connectivity index (χ3n) is 6.44. The summed E-state index contributed by atoms with van der Waals surface area (Å²) >= 11 is 0. The minimum atomic E-state index is -0.277. The Morgan fingerprint density at radius 1 is 0.943 bits per heavy atom. The van der Waals surface area contributed by atoms with E-state index >= 15 is 0 Å². The molecule has 1 aliphatic heterocycles. The van der Waals surface area contributed by atoms with Crippen molar-refractivity contribution in [2.24, 2.45) is 0 Å². The van der Waals surface area contributed by atoms with Gasteiger partial charge in [-0.15, -0.1) is 0 Å². The molecule has 5 rings (SSSR count). The summed E-state index contributed by atoms with van der Waals surface area (Å²) in [5.74, 6) is 0.448. The first kappa shape index (κ1) is 26.4. The molecule has 4 aromatic rings. The van der Waals surface area contributed by atoms with Crippen LogP contribution < -0.4 is 10.5 Å². The monoisotopic (exact) mass is 480 g/mol. The number of pyridine rings is 1. The molecule has 1 N–H and O–H groups in total. The molecular formula is C28H37FN4O2. The SMILES string of the molecule is CC.CC.Cc1c(C)c2cc(CCN3CCN(c4noc5ccc(F)cc45)CC3)ccc2[nH]c1=O. The Hall–Kier alpha value is -3.19. The molecular weight excluding hydrogens is 443 g/mol. The maximum atomic E-state index is 13.6. The van der Waals surface area contributed by atoms with Gasteiger partial charge in [-0.1, -0.05) is 38.9 Å². The molecule has 2 aromatic heterocycles. The van der Waals surface area contributed by atoms with Gasteiger partial charge in [0.25, 0.3) is 5.56 Å². The highest BCUT2D eigenvalue weighted by Crippen LogP contribution is 2.27.